The molecule has 0 radical (unpaired) electrons. The van der Waals surface area contributed by atoms with Crippen LogP contribution in [0.15, 0.2) is 53.6 Å². The van der Waals surface area contributed by atoms with Crippen molar-refractivity contribution in [3.8, 4) is 17.9 Å². The number of benzene rings is 2. The van der Waals surface area contributed by atoms with E-state index >= 15 is 0 Å². The van der Waals surface area contributed by atoms with Gasteiger partial charge in [-0.1, -0.05) is 19.1 Å². The molecule has 0 amide bonds. The number of anilines is 1. The molecule has 1 aliphatic heterocycles. The van der Waals surface area contributed by atoms with Gasteiger partial charge >= 0.3 is 0 Å². The number of hydrogen-bond donors (Lipinski definition) is 1. The van der Waals surface area contributed by atoms with Crippen LogP contribution in [0.5, 0.6) is 5.75 Å². The van der Waals surface area contributed by atoms with Crippen molar-refractivity contribution in [3.05, 3.63) is 59.7 Å². The summed E-state index contributed by atoms with van der Waals surface area (Å²) in [5.74, 6) is 0.324. The Kier molecular flexibility index (Phi) is 4.68. The lowest BCUT2D eigenvalue weighted by Gasteiger charge is -2.25. The summed E-state index contributed by atoms with van der Waals surface area (Å²) in [5.41, 5.74) is 3.36. The Morgan fingerprint density at radius 1 is 1.08 bits per heavy atom. The van der Waals surface area contributed by atoms with E-state index in [0.29, 0.717) is 12.0 Å². The number of phenolic OH excluding ortho intramolecular Hbond substituents is 1. The molecule has 2 unspecified atom stereocenters. The van der Waals surface area contributed by atoms with Crippen LogP contribution in [0.4, 0.5) is 5.69 Å². The molecule has 2 aromatic rings. The van der Waals surface area contributed by atoms with E-state index in [0.717, 1.165) is 23.4 Å². The van der Waals surface area contributed by atoms with Gasteiger partial charge in [0.15, 0.2) is 0 Å². The lowest BCUT2D eigenvalue weighted by Crippen LogP contribution is -2.33. The van der Waals surface area contributed by atoms with Gasteiger partial charge < -0.3 is 5.11 Å². The minimum absolute atomic E-state index is 0.0508. The standard InChI is InChI=1S/C20H18N4O/c1-2-18-19(11-12-21)24(16-7-9-17(25)10-8-16)23-20(18)15-5-3-14(13-22)4-6-15/h3-10,18-19,25H,2,11H2,1H3. The highest BCUT2D eigenvalue weighted by molar-refractivity contribution is 6.05. The number of aromatic hydroxyl groups is 1. The Balaban J connectivity index is 2.03. The minimum Gasteiger partial charge on any atom is -0.508 e. The molecule has 5 nitrogen and oxygen atoms in total. The second-order valence-corrected chi connectivity index (χ2v) is 5.98. The Bertz CT molecular complexity index is 857. The smallest absolute Gasteiger partial charge is 0.115 e. The van der Waals surface area contributed by atoms with Crippen LogP contribution < -0.4 is 5.01 Å². The average molecular weight is 330 g/mol. The minimum atomic E-state index is -0.0508. The van der Waals surface area contributed by atoms with Gasteiger partial charge in [-0.25, -0.2) is 0 Å². The molecule has 25 heavy (non-hydrogen) atoms. The van der Waals surface area contributed by atoms with Crippen molar-refractivity contribution in [1.29, 1.82) is 10.5 Å². The molecular formula is C20H18N4O. The van der Waals surface area contributed by atoms with Crippen LogP contribution in [-0.2, 0) is 0 Å². The Hall–Kier alpha value is -3.31. The van der Waals surface area contributed by atoms with Crippen LogP contribution in [0.3, 0.4) is 0 Å². The molecule has 0 bridgehead atoms. The molecule has 1 aliphatic rings. The maximum atomic E-state index is 9.51. The van der Waals surface area contributed by atoms with Crippen LogP contribution in [0, 0.1) is 28.6 Å². The first-order chi connectivity index (χ1) is 12.2. The fraction of sp³-hybridized carbons (Fsp3) is 0.250. The number of phenols is 1. The zero-order chi connectivity index (χ0) is 17.8. The van der Waals surface area contributed by atoms with Crippen molar-refractivity contribution >= 4 is 11.4 Å². The highest BCUT2D eigenvalue weighted by Gasteiger charge is 2.37. The summed E-state index contributed by atoms with van der Waals surface area (Å²) in [5, 5.41) is 34.4. The fourth-order valence-corrected chi connectivity index (χ4v) is 3.25. The largest absolute Gasteiger partial charge is 0.508 e. The third-order valence-corrected chi connectivity index (χ3v) is 4.51. The van der Waals surface area contributed by atoms with Gasteiger partial charge in [0.05, 0.1) is 41.6 Å². The zero-order valence-corrected chi connectivity index (χ0v) is 13.9. The van der Waals surface area contributed by atoms with E-state index in [1.807, 2.05) is 17.1 Å². The maximum absolute atomic E-state index is 9.51. The summed E-state index contributed by atoms with van der Waals surface area (Å²) in [6, 6.07) is 18.6. The summed E-state index contributed by atoms with van der Waals surface area (Å²) in [6.45, 7) is 2.09. The Morgan fingerprint density at radius 2 is 1.76 bits per heavy atom. The molecule has 3 rings (SSSR count). The van der Waals surface area contributed by atoms with Gasteiger partial charge in [-0.2, -0.15) is 15.6 Å². The van der Waals surface area contributed by atoms with E-state index in [2.05, 4.69) is 19.1 Å². The van der Waals surface area contributed by atoms with Crippen LogP contribution >= 0.6 is 0 Å². The van der Waals surface area contributed by atoms with Gasteiger partial charge in [0, 0.05) is 5.92 Å². The predicted molar refractivity (Wildman–Crippen MR) is 96.1 cm³/mol. The highest BCUT2D eigenvalue weighted by atomic mass is 16.3. The van der Waals surface area contributed by atoms with Crippen molar-refractivity contribution in [2.24, 2.45) is 11.0 Å². The molecule has 2 atom stereocenters. The van der Waals surface area contributed by atoms with Gasteiger partial charge in [0.2, 0.25) is 0 Å². The average Bonchev–Trinajstić information content (AvgIpc) is 3.01. The van der Waals surface area contributed by atoms with Gasteiger partial charge in [0.25, 0.3) is 0 Å². The number of hydrogen-bond acceptors (Lipinski definition) is 5. The van der Waals surface area contributed by atoms with E-state index in [4.69, 9.17) is 10.4 Å². The second-order valence-electron chi connectivity index (χ2n) is 5.98. The summed E-state index contributed by atoms with van der Waals surface area (Å²) < 4.78 is 0. The first-order valence-corrected chi connectivity index (χ1v) is 8.22. The summed E-state index contributed by atoms with van der Waals surface area (Å²) >= 11 is 0. The molecule has 0 aromatic heterocycles. The van der Waals surface area contributed by atoms with Crippen LogP contribution in [0.1, 0.15) is 30.9 Å². The van der Waals surface area contributed by atoms with Gasteiger partial charge in [-0.05, 0) is 48.4 Å². The monoisotopic (exact) mass is 330 g/mol. The number of rotatable bonds is 4. The lowest BCUT2D eigenvalue weighted by molar-refractivity contribution is 0.475. The lowest BCUT2D eigenvalue weighted by atomic mass is 9.87. The summed E-state index contributed by atoms with van der Waals surface area (Å²) in [4.78, 5) is 0. The molecule has 1 heterocycles. The van der Waals surface area contributed by atoms with Crippen LogP contribution in [0.2, 0.25) is 0 Å². The van der Waals surface area contributed by atoms with Crippen LogP contribution in [0.25, 0.3) is 0 Å². The number of nitriles is 2. The quantitative estimate of drug-likeness (QED) is 0.924. The Labute approximate surface area is 147 Å². The molecule has 1 N–H and O–H groups in total. The zero-order valence-electron chi connectivity index (χ0n) is 13.9. The Morgan fingerprint density at radius 3 is 2.32 bits per heavy atom. The fourth-order valence-electron chi connectivity index (χ4n) is 3.25. The van der Waals surface area contributed by atoms with Gasteiger partial charge in [-0.3, -0.25) is 5.01 Å². The molecule has 2 aromatic carbocycles. The van der Waals surface area contributed by atoms with E-state index in [-0.39, 0.29) is 17.7 Å². The molecule has 0 saturated heterocycles. The molecule has 0 fully saturated rings. The molecule has 0 saturated carbocycles. The first kappa shape index (κ1) is 16.5. The number of hydrazone groups is 1. The maximum Gasteiger partial charge on any atom is 0.115 e. The normalized spacial score (nSPS) is 19.2. The molecule has 5 heteroatoms. The molecule has 124 valence electrons. The van der Waals surface area contributed by atoms with E-state index in [1.54, 1.807) is 36.4 Å². The van der Waals surface area contributed by atoms with Crippen molar-refractivity contribution < 1.29 is 5.11 Å². The number of nitrogens with zero attached hydrogens (tertiary/aromatic N) is 4. The van der Waals surface area contributed by atoms with Crippen molar-refractivity contribution in [2.45, 2.75) is 25.8 Å². The van der Waals surface area contributed by atoms with Crippen molar-refractivity contribution in [1.82, 2.24) is 0 Å². The third kappa shape index (κ3) is 3.18. The third-order valence-electron chi connectivity index (χ3n) is 4.51. The molecule has 0 spiro atoms. The second kappa shape index (κ2) is 7.07. The highest BCUT2D eigenvalue weighted by Crippen LogP contribution is 2.34. The van der Waals surface area contributed by atoms with E-state index < -0.39 is 0 Å². The predicted octanol–water partition coefficient (Wildman–Crippen LogP) is 3.80. The summed E-state index contributed by atoms with van der Waals surface area (Å²) in [7, 11) is 0. The first-order valence-electron chi connectivity index (χ1n) is 8.22. The summed E-state index contributed by atoms with van der Waals surface area (Å²) in [6.07, 6.45) is 1.22. The van der Waals surface area contributed by atoms with Gasteiger partial charge in [0.1, 0.15) is 5.75 Å². The van der Waals surface area contributed by atoms with Crippen LogP contribution in [-0.4, -0.2) is 16.9 Å². The van der Waals surface area contributed by atoms with Crippen molar-refractivity contribution in [2.75, 3.05) is 5.01 Å². The van der Waals surface area contributed by atoms with E-state index in [9.17, 15) is 10.4 Å². The topological polar surface area (TPSA) is 83.4 Å². The molecule has 0 aliphatic carbocycles. The SMILES string of the molecule is CCC1C(c2ccc(C#N)cc2)=NN(c2ccc(O)cc2)C1CC#N. The molecular weight excluding hydrogens is 312 g/mol. The van der Waals surface area contributed by atoms with Gasteiger partial charge in [-0.15, -0.1) is 0 Å². The van der Waals surface area contributed by atoms with E-state index in [1.165, 1.54) is 0 Å². The van der Waals surface area contributed by atoms with Crippen molar-refractivity contribution in [3.63, 3.8) is 0 Å².